The first-order valence-corrected chi connectivity index (χ1v) is 4.70. The third-order valence-corrected chi connectivity index (χ3v) is 2.15. The zero-order valence-corrected chi connectivity index (χ0v) is 9.05. The van der Waals surface area contributed by atoms with E-state index in [1.54, 1.807) is 0 Å². The molecule has 3 nitrogen and oxygen atoms in total. The number of rotatable bonds is 3. The summed E-state index contributed by atoms with van der Waals surface area (Å²) in [6.07, 6.45) is -9.04. The fourth-order valence-electron chi connectivity index (χ4n) is 1.45. The molecule has 18 heavy (non-hydrogen) atoms. The van der Waals surface area contributed by atoms with Gasteiger partial charge in [0.15, 0.2) is 0 Å². The molecule has 0 aliphatic rings. The number of carboxylic acids is 1. The molecule has 1 N–H and O–H groups in total. The average molecular weight is 269 g/mol. The molecule has 0 saturated heterocycles. The molecule has 100 valence electrons. The topological polar surface area (TPSA) is 50.2 Å². The van der Waals surface area contributed by atoms with Gasteiger partial charge in [0.05, 0.1) is 6.42 Å². The molecule has 0 aliphatic carbocycles. The lowest BCUT2D eigenvalue weighted by Gasteiger charge is -2.14. The zero-order chi connectivity index (χ0) is 14.1. The van der Waals surface area contributed by atoms with E-state index in [1.807, 2.05) is 0 Å². The monoisotopic (exact) mass is 269 g/mol. The van der Waals surface area contributed by atoms with Crippen LogP contribution in [0.1, 0.15) is 28.9 Å². The van der Waals surface area contributed by atoms with Gasteiger partial charge >= 0.3 is 12.1 Å². The Bertz CT molecular complexity index is 470. The van der Waals surface area contributed by atoms with Crippen LogP contribution in [0.4, 0.5) is 22.0 Å². The Balaban J connectivity index is 3.42. The summed E-state index contributed by atoms with van der Waals surface area (Å²) in [6, 6.07) is 0.783. The van der Waals surface area contributed by atoms with Crippen molar-refractivity contribution < 1.29 is 31.9 Å². The number of nitrogens with zero attached hydrogens (tertiary/aromatic N) is 1. The van der Waals surface area contributed by atoms with Crippen molar-refractivity contribution in [2.24, 2.45) is 0 Å². The molecule has 0 aliphatic heterocycles. The lowest BCUT2D eigenvalue weighted by molar-refractivity contribution is -0.142. The number of carboxylic acid groups (broad SMARTS) is 1. The highest BCUT2D eigenvalue weighted by Crippen LogP contribution is 2.33. The Morgan fingerprint density at radius 2 is 2.00 bits per heavy atom. The maximum atomic E-state index is 12.6. The summed E-state index contributed by atoms with van der Waals surface area (Å²) in [5.74, 6) is -1.49. The van der Waals surface area contributed by atoms with E-state index < -0.39 is 41.9 Å². The van der Waals surface area contributed by atoms with E-state index in [2.05, 4.69) is 4.98 Å². The van der Waals surface area contributed by atoms with E-state index in [4.69, 9.17) is 5.11 Å². The van der Waals surface area contributed by atoms with Crippen molar-refractivity contribution in [2.45, 2.75) is 25.9 Å². The number of aryl methyl sites for hydroxylation is 1. The van der Waals surface area contributed by atoms with Gasteiger partial charge in [-0.2, -0.15) is 13.2 Å². The SMILES string of the molecule is Cc1cc(CC(=O)O)c(C(F)(F)F)nc1C(F)F. The van der Waals surface area contributed by atoms with Gasteiger partial charge < -0.3 is 5.11 Å². The van der Waals surface area contributed by atoms with E-state index in [0.717, 1.165) is 13.0 Å². The predicted molar refractivity (Wildman–Crippen MR) is 50.3 cm³/mol. The average Bonchev–Trinajstić information content (AvgIpc) is 2.13. The van der Waals surface area contributed by atoms with Crippen LogP contribution in [0.5, 0.6) is 0 Å². The Morgan fingerprint density at radius 1 is 1.44 bits per heavy atom. The van der Waals surface area contributed by atoms with Gasteiger partial charge in [-0.15, -0.1) is 0 Å². The summed E-state index contributed by atoms with van der Waals surface area (Å²) in [4.78, 5) is 13.3. The van der Waals surface area contributed by atoms with Gasteiger partial charge in [-0.25, -0.2) is 13.8 Å². The zero-order valence-electron chi connectivity index (χ0n) is 9.05. The second-order valence-corrected chi connectivity index (χ2v) is 3.57. The van der Waals surface area contributed by atoms with Gasteiger partial charge in [0, 0.05) is 0 Å². The summed E-state index contributed by atoms with van der Waals surface area (Å²) in [5, 5.41) is 8.48. The van der Waals surface area contributed by atoms with Gasteiger partial charge in [0.25, 0.3) is 6.43 Å². The maximum Gasteiger partial charge on any atom is 0.433 e. The molecule has 0 aromatic carbocycles. The highest BCUT2D eigenvalue weighted by Gasteiger charge is 2.37. The van der Waals surface area contributed by atoms with Crippen LogP contribution in [0.2, 0.25) is 0 Å². The number of carbonyl (C=O) groups is 1. The fraction of sp³-hybridized carbons (Fsp3) is 0.400. The van der Waals surface area contributed by atoms with E-state index >= 15 is 0 Å². The third kappa shape index (κ3) is 3.14. The molecular formula is C10H8F5NO2. The van der Waals surface area contributed by atoms with Crippen LogP contribution in [0.25, 0.3) is 0 Å². The van der Waals surface area contributed by atoms with Crippen molar-refractivity contribution in [1.82, 2.24) is 4.98 Å². The van der Waals surface area contributed by atoms with Gasteiger partial charge in [-0.05, 0) is 18.1 Å². The van der Waals surface area contributed by atoms with Crippen LogP contribution in [0.3, 0.4) is 0 Å². The standard InChI is InChI=1S/C10H8F5NO2/c1-4-2-5(3-6(17)18)8(10(13,14)15)16-7(4)9(11)12/h2,9H,3H2,1H3,(H,17,18). The molecule has 1 rings (SSSR count). The van der Waals surface area contributed by atoms with Crippen LogP contribution in [0, 0.1) is 6.92 Å². The molecular weight excluding hydrogens is 261 g/mol. The number of halogens is 5. The minimum absolute atomic E-state index is 0.172. The molecule has 0 radical (unpaired) electrons. The predicted octanol–water partition coefficient (Wildman–Crippen LogP) is 2.97. The molecule has 1 aromatic rings. The molecule has 0 bridgehead atoms. The normalized spacial score (nSPS) is 11.9. The van der Waals surface area contributed by atoms with Gasteiger partial charge in [-0.1, -0.05) is 6.07 Å². The van der Waals surface area contributed by atoms with E-state index in [0.29, 0.717) is 0 Å². The number of alkyl halides is 5. The Morgan fingerprint density at radius 3 is 2.39 bits per heavy atom. The first kappa shape index (κ1) is 14.3. The van der Waals surface area contributed by atoms with E-state index in [9.17, 15) is 26.7 Å². The van der Waals surface area contributed by atoms with Crippen LogP contribution < -0.4 is 0 Å². The highest BCUT2D eigenvalue weighted by molar-refractivity contribution is 5.70. The third-order valence-electron chi connectivity index (χ3n) is 2.15. The molecule has 1 aromatic heterocycles. The molecule has 0 fully saturated rings. The molecule has 0 amide bonds. The number of hydrogen-bond acceptors (Lipinski definition) is 2. The maximum absolute atomic E-state index is 12.6. The number of hydrogen-bond donors (Lipinski definition) is 1. The molecule has 0 unspecified atom stereocenters. The fourth-order valence-corrected chi connectivity index (χ4v) is 1.45. The Kier molecular flexibility index (Phi) is 3.88. The smallest absolute Gasteiger partial charge is 0.433 e. The quantitative estimate of drug-likeness (QED) is 0.858. The highest BCUT2D eigenvalue weighted by atomic mass is 19.4. The number of aromatic nitrogens is 1. The van der Waals surface area contributed by atoms with Crippen LogP contribution in [-0.2, 0) is 17.4 Å². The second kappa shape index (κ2) is 4.87. The lowest BCUT2D eigenvalue weighted by Crippen LogP contribution is -2.17. The summed E-state index contributed by atoms with van der Waals surface area (Å²) < 4.78 is 62.6. The first-order chi connectivity index (χ1) is 8.12. The first-order valence-electron chi connectivity index (χ1n) is 4.70. The van der Waals surface area contributed by atoms with Gasteiger partial charge in [0.1, 0.15) is 11.4 Å². The second-order valence-electron chi connectivity index (χ2n) is 3.57. The molecule has 1 heterocycles. The largest absolute Gasteiger partial charge is 0.481 e. The van der Waals surface area contributed by atoms with Gasteiger partial charge in [-0.3, -0.25) is 4.79 Å². The summed E-state index contributed by atoms with van der Waals surface area (Å²) >= 11 is 0. The van der Waals surface area contributed by atoms with Crippen molar-refractivity contribution in [3.63, 3.8) is 0 Å². The molecule has 0 saturated carbocycles. The van der Waals surface area contributed by atoms with Crippen LogP contribution in [-0.4, -0.2) is 16.1 Å². The minimum Gasteiger partial charge on any atom is -0.481 e. The van der Waals surface area contributed by atoms with Crippen molar-refractivity contribution in [1.29, 1.82) is 0 Å². The summed E-state index contributed by atoms with van der Waals surface area (Å²) in [5.41, 5.74) is -3.37. The summed E-state index contributed by atoms with van der Waals surface area (Å²) in [7, 11) is 0. The van der Waals surface area contributed by atoms with Crippen LogP contribution in [0.15, 0.2) is 6.07 Å². The van der Waals surface area contributed by atoms with Gasteiger partial charge in [0.2, 0.25) is 0 Å². The number of pyridine rings is 1. The molecule has 0 spiro atoms. The number of aliphatic carboxylic acids is 1. The molecule has 8 heteroatoms. The summed E-state index contributed by atoms with van der Waals surface area (Å²) in [6.45, 7) is 1.15. The van der Waals surface area contributed by atoms with E-state index in [-0.39, 0.29) is 5.56 Å². The van der Waals surface area contributed by atoms with E-state index in [1.165, 1.54) is 0 Å². The van der Waals surface area contributed by atoms with Crippen molar-refractivity contribution in [2.75, 3.05) is 0 Å². The van der Waals surface area contributed by atoms with Crippen molar-refractivity contribution in [3.05, 3.63) is 28.6 Å². The van der Waals surface area contributed by atoms with Crippen molar-refractivity contribution >= 4 is 5.97 Å². The minimum atomic E-state index is -4.97. The Hall–Kier alpha value is -1.73. The lowest BCUT2D eigenvalue weighted by atomic mass is 10.1. The van der Waals surface area contributed by atoms with Crippen LogP contribution >= 0.6 is 0 Å². The molecule has 0 atom stereocenters. The Labute approximate surface area is 98.3 Å². The van der Waals surface area contributed by atoms with Crippen molar-refractivity contribution in [3.8, 4) is 0 Å².